The molecule has 0 aliphatic carbocycles. The SMILES string of the molecule is CC(C)(C)[Si](C)(C)OC(C#CCO)CCCC#Cc1ccccc1. The zero-order valence-corrected chi connectivity index (χ0v) is 16.6. The Kier molecular flexibility index (Phi) is 8.29. The van der Waals surface area contributed by atoms with Crippen LogP contribution < -0.4 is 0 Å². The quantitative estimate of drug-likeness (QED) is 0.481. The maximum absolute atomic E-state index is 8.97. The Hall–Kier alpha value is -1.52. The molecule has 0 aliphatic heterocycles. The number of hydrogen-bond acceptors (Lipinski definition) is 2. The lowest BCUT2D eigenvalue weighted by atomic mass is 10.1. The van der Waals surface area contributed by atoms with Gasteiger partial charge in [0.2, 0.25) is 0 Å². The second kappa shape index (κ2) is 9.70. The predicted molar refractivity (Wildman–Crippen MR) is 104 cm³/mol. The van der Waals surface area contributed by atoms with E-state index in [-0.39, 0.29) is 17.7 Å². The third-order valence-corrected chi connectivity index (χ3v) is 8.85. The molecule has 2 nitrogen and oxygen atoms in total. The van der Waals surface area contributed by atoms with Crippen LogP contribution in [0.15, 0.2) is 30.3 Å². The second-order valence-electron chi connectivity index (χ2n) is 7.41. The summed E-state index contributed by atoms with van der Waals surface area (Å²) in [6.07, 6.45) is 2.51. The van der Waals surface area contributed by atoms with Gasteiger partial charge < -0.3 is 9.53 Å². The summed E-state index contributed by atoms with van der Waals surface area (Å²) in [6.45, 7) is 11.0. The van der Waals surface area contributed by atoms with Crippen molar-refractivity contribution < 1.29 is 9.53 Å². The first kappa shape index (κ1) is 20.5. The van der Waals surface area contributed by atoms with Crippen molar-refractivity contribution in [3.05, 3.63) is 35.9 Å². The summed E-state index contributed by atoms with van der Waals surface area (Å²) < 4.78 is 6.38. The van der Waals surface area contributed by atoms with Crippen molar-refractivity contribution in [3.63, 3.8) is 0 Å². The summed E-state index contributed by atoms with van der Waals surface area (Å²) in [4.78, 5) is 0. The molecule has 0 saturated heterocycles. The minimum Gasteiger partial charge on any atom is -0.403 e. The van der Waals surface area contributed by atoms with Crippen LogP contribution in [0.3, 0.4) is 0 Å². The van der Waals surface area contributed by atoms with Crippen molar-refractivity contribution in [3.8, 4) is 23.7 Å². The predicted octanol–water partition coefficient (Wildman–Crippen LogP) is 4.59. The molecule has 0 radical (unpaired) electrons. The highest BCUT2D eigenvalue weighted by Crippen LogP contribution is 2.37. The molecule has 0 spiro atoms. The van der Waals surface area contributed by atoms with Gasteiger partial charge in [0.1, 0.15) is 12.7 Å². The highest BCUT2D eigenvalue weighted by molar-refractivity contribution is 6.74. The number of unbranched alkanes of at least 4 members (excludes halogenated alkanes) is 1. The molecule has 24 heavy (non-hydrogen) atoms. The second-order valence-corrected chi connectivity index (χ2v) is 12.2. The third kappa shape index (κ3) is 7.36. The van der Waals surface area contributed by atoms with Crippen molar-refractivity contribution in [1.82, 2.24) is 0 Å². The number of aliphatic hydroxyl groups excluding tert-OH is 1. The van der Waals surface area contributed by atoms with E-state index < -0.39 is 8.32 Å². The van der Waals surface area contributed by atoms with Crippen molar-refractivity contribution in [2.75, 3.05) is 6.61 Å². The highest BCUT2D eigenvalue weighted by Gasteiger charge is 2.38. The maximum Gasteiger partial charge on any atom is 0.193 e. The Bertz CT molecular complexity index is 606. The highest BCUT2D eigenvalue weighted by atomic mass is 28.4. The summed E-state index contributed by atoms with van der Waals surface area (Å²) in [5.41, 5.74) is 1.05. The molecule has 0 saturated carbocycles. The topological polar surface area (TPSA) is 29.5 Å². The van der Waals surface area contributed by atoms with Crippen LogP contribution in [0.2, 0.25) is 18.1 Å². The summed E-state index contributed by atoms with van der Waals surface area (Å²) >= 11 is 0. The van der Waals surface area contributed by atoms with Gasteiger partial charge >= 0.3 is 0 Å². The zero-order valence-electron chi connectivity index (χ0n) is 15.6. The van der Waals surface area contributed by atoms with Gasteiger partial charge in [-0.15, -0.1) is 0 Å². The van der Waals surface area contributed by atoms with Crippen LogP contribution in [-0.2, 0) is 4.43 Å². The fourth-order valence-corrected chi connectivity index (χ4v) is 3.16. The largest absolute Gasteiger partial charge is 0.403 e. The normalized spacial score (nSPS) is 12.6. The van der Waals surface area contributed by atoms with Gasteiger partial charge in [-0.1, -0.05) is 62.7 Å². The van der Waals surface area contributed by atoms with E-state index in [0.717, 1.165) is 24.8 Å². The minimum absolute atomic E-state index is 0.114. The zero-order chi connectivity index (χ0) is 18.1. The molecular formula is C21H30O2Si. The van der Waals surface area contributed by atoms with Crippen molar-refractivity contribution in [2.45, 2.75) is 64.3 Å². The molecule has 1 unspecified atom stereocenters. The molecular weight excluding hydrogens is 312 g/mol. The summed E-state index contributed by atoms with van der Waals surface area (Å²) in [6, 6.07) is 10.0. The first-order chi connectivity index (χ1) is 11.3. The first-order valence-electron chi connectivity index (χ1n) is 8.57. The molecule has 1 aromatic rings. The Balaban J connectivity index is 2.57. The van der Waals surface area contributed by atoms with Crippen LogP contribution in [-0.4, -0.2) is 26.1 Å². The summed E-state index contributed by atoms with van der Waals surface area (Å²) in [5.74, 6) is 12.2. The number of benzene rings is 1. The standard InChI is InChI=1S/C21H30O2Si/c1-21(2,3)24(4,5)23-20(17-12-18-22)16-11-7-10-15-19-13-8-6-9-14-19/h6,8-9,13-14,20,22H,7,11,16,18H2,1-5H3. The van der Waals surface area contributed by atoms with E-state index in [4.69, 9.17) is 9.53 Å². The molecule has 0 aliphatic rings. The molecule has 130 valence electrons. The number of rotatable bonds is 5. The lowest BCUT2D eigenvalue weighted by Gasteiger charge is -2.38. The Labute approximate surface area is 148 Å². The van der Waals surface area contributed by atoms with E-state index in [1.165, 1.54) is 0 Å². The van der Waals surface area contributed by atoms with Gasteiger partial charge in [0.15, 0.2) is 8.32 Å². The van der Waals surface area contributed by atoms with Crippen molar-refractivity contribution >= 4 is 8.32 Å². The number of aliphatic hydroxyl groups is 1. The van der Waals surface area contributed by atoms with Crippen LogP contribution in [0.5, 0.6) is 0 Å². The lowest BCUT2D eigenvalue weighted by molar-refractivity contribution is 0.220. The fourth-order valence-electron chi connectivity index (χ4n) is 1.91. The molecule has 3 heteroatoms. The van der Waals surface area contributed by atoms with E-state index in [9.17, 15) is 0 Å². The average Bonchev–Trinajstić information content (AvgIpc) is 2.51. The molecule has 0 heterocycles. The van der Waals surface area contributed by atoms with E-state index >= 15 is 0 Å². The lowest BCUT2D eigenvalue weighted by Crippen LogP contribution is -2.43. The fraction of sp³-hybridized carbons (Fsp3) is 0.524. The average molecular weight is 343 g/mol. The van der Waals surface area contributed by atoms with Gasteiger partial charge in [-0.2, -0.15) is 0 Å². The molecule has 1 N–H and O–H groups in total. The van der Waals surface area contributed by atoms with Crippen LogP contribution in [0.25, 0.3) is 0 Å². The molecule has 0 bridgehead atoms. The Morgan fingerprint density at radius 3 is 2.38 bits per heavy atom. The van der Waals surface area contributed by atoms with E-state index in [0.29, 0.717) is 0 Å². The maximum atomic E-state index is 8.97. The molecule has 1 atom stereocenters. The molecule has 1 rings (SSSR count). The van der Waals surface area contributed by atoms with Gasteiger partial charge in [0, 0.05) is 12.0 Å². The number of hydrogen-bond donors (Lipinski definition) is 1. The molecule has 0 fully saturated rings. The Morgan fingerprint density at radius 2 is 1.79 bits per heavy atom. The molecule has 0 aromatic heterocycles. The first-order valence-corrected chi connectivity index (χ1v) is 11.5. The van der Waals surface area contributed by atoms with E-state index in [2.05, 4.69) is 57.5 Å². The van der Waals surface area contributed by atoms with Gasteiger partial charge in [0.05, 0.1) is 0 Å². The monoisotopic (exact) mass is 342 g/mol. The molecule has 1 aromatic carbocycles. The van der Waals surface area contributed by atoms with Crippen LogP contribution in [0, 0.1) is 23.7 Å². The van der Waals surface area contributed by atoms with Gasteiger partial charge in [0.25, 0.3) is 0 Å². The van der Waals surface area contributed by atoms with E-state index in [1.807, 2.05) is 30.3 Å². The smallest absolute Gasteiger partial charge is 0.193 e. The minimum atomic E-state index is -1.86. The summed E-state index contributed by atoms with van der Waals surface area (Å²) in [5, 5.41) is 9.12. The van der Waals surface area contributed by atoms with Gasteiger partial charge in [-0.05, 0) is 43.1 Å². The van der Waals surface area contributed by atoms with Crippen molar-refractivity contribution in [1.29, 1.82) is 0 Å². The van der Waals surface area contributed by atoms with E-state index in [1.54, 1.807) is 0 Å². The summed E-state index contributed by atoms with van der Waals surface area (Å²) in [7, 11) is -1.86. The van der Waals surface area contributed by atoms with Gasteiger partial charge in [-0.3, -0.25) is 0 Å². The Morgan fingerprint density at radius 1 is 1.12 bits per heavy atom. The van der Waals surface area contributed by atoms with Gasteiger partial charge in [-0.25, -0.2) is 0 Å². The van der Waals surface area contributed by atoms with Crippen LogP contribution in [0.4, 0.5) is 0 Å². The van der Waals surface area contributed by atoms with Crippen LogP contribution in [0.1, 0.15) is 45.6 Å². The van der Waals surface area contributed by atoms with Crippen molar-refractivity contribution in [2.24, 2.45) is 0 Å². The molecule has 0 amide bonds. The van der Waals surface area contributed by atoms with Crippen LogP contribution >= 0.6 is 0 Å². The third-order valence-electron chi connectivity index (χ3n) is 4.36.